The van der Waals surface area contributed by atoms with Crippen LogP contribution in [0, 0.1) is 10.1 Å². The predicted molar refractivity (Wildman–Crippen MR) is 106 cm³/mol. The van der Waals surface area contributed by atoms with Gasteiger partial charge in [-0.1, -0.05) is 0 Å². The van der Waals surface area contributed by atoms with Gasteiger partial charge in [-0.05, 0) is 11.6 Å². The van der Waals surface area contributed by atoms with Gasteiger partial charge in [-0.25, -0.2) is 19.9 Å². The lowest BCUT2D eigenvalue weighted by Crippen LogP contribution is -2.36. The van der Waals surface area contributed by atoms with Gasteiger partial charge in [-0.3, -0.25) is 10.1 Å². The summed E-state index contributed by atoms with van der Waals surface area (Å²) in [5.74, 6) is 1.53. The van der Waals surface area contributed by atoms with Crippen LogP contribution < -0.4 is 15.0 Å². The number of nitrogens with zero attached hydrogens (tertiary/aromatic N) is 6. The summed E-state index contributed by atoms with van der Waals surface area (Å²) in [7, 11) is 1.37. The van der Waals surface area contributed by atoms with Crippen LogP contribution in [0.15, 0.2) is 24.5 Å². The minimum Gasteiger partial charge on any atom is -0.490 e. The fourth-order valence-corrected chi connectivity index (χ4v) is 3.20. The van der Waals surface area contributed by atoms with E-state index in [1.807, 2.05) is 4.90 Å². The van der Waals surface area contributed by atoms with Gasteiger partial charge >= 0.3 is 5.69 Å². The van der Waals surface area contributed by atoms with E-state index in [9.17, 15) is 10.1 Å². The lowest BCUT2D eigenvalue weighted by molar-refractivity contribution is -0.385. The van der Waals surface area contributed by atoms with Crippen LogP contribution in [0.5, 0.6) is 5.75 Å². The summed E-state index contributed by atoms with van der Waals surface area (Å²) in [5, 5.41) is 15.0. The lowest BCUT2D eigenvalue weighted by Gasteiger charge is -2.28. The van der Waals surface area contributed by atoms with Gasteiger partial charge in [0.1, 0.15) is 23.8 Å². The van der Waals surface area contributed by atoms with Gasteiger partial charge in [0.25, 0.3) is 0 Å². The van der Waals surface area contributed by atoms with Crippen LogP contribution in [-0.2, 0) is 4.74 Å². The quantitative estimate of drug-likeness (QED) is 0.375. The monoisotopic (exact) mass is 417 g/mol. The van der Waals surface area contributed by atoms with E-state index < -0.39 is 4.92 Å². The van der Waals surface area contributed by atoms with Crippen LogP contribution in [0.1, 0.15) is 0 Å². The van der Waals surface area contributed by atoms with Crippen molar-refractivity contribution in [2.75, 3.05) is 43.6 Å². The second kappa shape index (κ2) is 7.97. The van der Waals surface area contributed by atoms with Crippen LogP contribution in [0.3, 0.4) is 0 Å². The van der Waals surface area contributed by atoms with Crippen molar-refractivity contribution in [2.45, 2.75) is 0 Å². The maximum absolute atomic E-state index is 11.4. The number of hydrogen-bond acceptors (Lipinski definition) is 10. The highest BCUT2D eigenvalue weighted by molar-refractivity contribution is 6.28. The first kappa shape index (κ1) is 19.0. The molecular weight excluding hydrogens is 402 g/mol. The smallest absolute Gasteiger partial charge is 0.311 e. The third kappa shape index (κ3) is 3.96. The third-order valence-electron chi connectivity index (χ3n) is 4.40. The number of nitrogens with one attached hydrogen (secondary N) is 1. The molecule has 1 N–H and O–H groups in total. The summed E-state index contributed by atoms with van der Waals surface area (Å²) < 4.78 is 10.5. The number of anilines is 3. The average molecular weight is 418 g/mol. The molecule has 1 aromatic carbocycles. The number of rotatable bonds is 5. The molecule has 29 heavy (non-hydrogen) atoms. The average Bonchev–Trinajstić information content (AvgIpc) is 2.73. The normalized spacial score (nSPS) is 14.1. The van der Waals surface area contributed by atoms with Crippen LogP contribution in [0.4, 0.5) is 23.1 Å². The molecule has 0 bridgehead atoms. The molecule has 1 fully saturated rings. The van der Waals surface area contributed by atoms with E-state index in [4.69, 9.17) is 21.1 Å². The van der Waals surface area contributed by atoms with Crippen LogP contribution in [0.25, 0.3) is 10.9 Å². The minimum absolute atomic E-state index is 0.0718. The molecule has 4 rings (SSSR count). The lowest BCUT2D eigenvalue weighted by atomic mass is 10.2. The second-order valence-electron chi connectivity index (χ2n) is 6.13. The SMILES string of the molecule is COc1cc2ncnc(Nc3cc(N4CCOCC4)nc(Cl)n3)c2cc1[N+](=O)[O-]. The van der Waals surface area contributed by atoms with E-state index in [0.29, 0.717) is 54.7 Å². The van der Waals surface area contributed by atoms with Crippen molar-refractivity contribution in [1.29, 1.82) is 0 Å². The molecule has 0 aliphatic carbocycles. The predicted octanol–water partition coefficient (Wildman–Crippen LogP) is 2.57. The molecule has 0 atom stereocenters. The summed E-state index contributed by atoms with van der Waals surface area (Å²) >= 11 is 6.10. The molecule has 1 aliphatic heterocycles. The van der Waals surface area contributed by atoms with Crippen LogP contribution in [0.2, 0.25) is 5.28 Å². The Morgan fingerprint density at radius 1 is 1.24 bits per heavy atom. The first-order valence-corrected chi connectivity index (χ1v) is 9.04. The van der Waals surface area contributed by atoms with Crippen LogP contribution in [-0.4, -0.2) is 58.3 Å². The molecular formula is C17H16ClN7O4. The van der Waals surface area contributed by atoms with E-state index in [1.54, 1.807) is 6.07 Å². The Bertz CT molecular complexity index is 1080. The molecule has 0 unspecified atom stereocenters. The number of fused-ring (bicyclic) bond motifs is 1. The Labute approximate surface area is 169 Å². The summed E-state index contributed by atoms with van der Waals surface area (Å²) in [6.07, 6.45) is 1.35. The topological polar surface area (TPSA) is 128 Å². The van der Waals surface area contributed by atoms with Crippen molar-refractivity contribution in [3.8, 4) is 5.75 Å². The van der Waals surface area contributed by atoms with Gasteiger partial charge in [0, 0.05) is 31.3 Å². The van der Waals surface area contributed by atoms with Gasteiger partial charge in [0.2, 0.25) is 5.28 Å². The zero-order chi connectivity index (χ0) is 20.4. The molecule has 0 spiro atoms. The second-order valence-corrected chi connectivity index (χ2v) is 6.46. The van der Waals surface area contributed by atoms with Crippen molar-refractivity contribution >= 4 is 45.6 Å². The Balaban J connectivity index is 1.73. The van der Waals surface area contributed by atoms with E-state index in [1.165, 1.54) is 25.6 Å². The Morgan fingerprint density at radius 2 is 2.03 bits per heavy atom. The maximum atomic E-state index is 11.4. The fourth-order valence-electron chi connectivity index (χ4n) is 3.02. The van der Waals surface area contributed by atoms with Crippen molar-refractivity contribution in [3.63, 3.8) is 0 Å². The van der Waals surface area contributed by atoms with E-state index in [-0.39, 0.29) is 16.7 Å². The third-order valence-corrected chi connectivity index (χ3v) is 4.57. The molecule has 3 aromatic rings. The molecule has 0 saturated carbocycles. The van der Waals surface area contributed by atoms with E-state index in [0.717, 1.165) is 0 Å². The van der Waals surface area contributed by atoms with Gasteiger partial charge in [-0.2, -0.15) is 0 Å². The molecule has 1 saturated heterocycles. The van der Waals surface area contributed by atoms with E-state index >= 15 is 0 Å². The number of hydrogen-bond donors (Lipinski definition) is 1. The van der Waals surface area contributed by atoms with Gasteiger partial charge in [-0.15, -0.1) is 0 Å². The number of nitro groups is 1. The number of morpholine rings is 1. The fraction of sp³-hybridized carbons (Fsp3) is 0.294. The highest BCUT2D eigenvalue weighted by Gasteiger charge is 2.19. The molecule has 150 valence electrons. The number of nitro benzene ring substituents is 1. The van der Waals surface area contributed by atoms with E-state index in [2.05, 4.69) is 25.3 Å². The van der Waals surface area contributed by atoms with Crippen molar-refractivity contribution < 1.29 is 14.4 Å². The summed E-state index contributed by atoms with van der Waals surface area (Å²) in [6, 6.07) is 4.59. The van der Waals surface area contributed by atoms with Crippen molar-refractivity contribution in [3.05, 3.63) is 39.9 Å². The minimum atomic E-state index is -0.521. The molecule has 12 heteroatoms. The zero-order valence-electron chi connectivity index (χ0n) is 15.3. The highest BCUT2D eigenvalue weighted by Crippen LogP contribution is 2.34. The molecule has 0 amide bonds. The number of halogens is 1. The van der Waals surface area contributed by atoms with Gasteiger partial charge in [0.05, 0.1) is 36.1 Å². The Morgan fingerprint density at radius 3 is 2.76 bits per heavy atom. The van der Waals surface area contributed by atoms with Gasteiger partial charge < -0.3 is 19.7 Å². The number of methoxy groups -OCH3 is 1. The maximum Gasteiger partial charge on any atom is 0.311 e. The van der Waals surface area contributed by atoms with Crippen molar-refractivity contribution in [2.24, 2.45) is 0 Å². The number of ether oxygens (including phenoxy) is 2. The summed E-state index contributed by atoms with van der Waals surface area (Å²) in [6.45, 7) is 2.59. The molecule has 11 nitrogen and oxygen atoms in total. The molecule has 3 heterocycles. The first-order valence-electron chi connectivity index (χ1n) is 8.66. The molecule has 2 aromatic heterocycles. The van der Waals surface area contributed by atoms with Crippen LogP contribution >= 0.6 is 11.6 Å². The number of aromatic nitrogens is 4. The first-order chi connectivity index (χ1) is 14.0. The molecule has 0 radical (unpaired) electrons. The number of benzene rings is 1. The standard InChI is InChI=1S/C17H16ClN7O4/c1-28-13-7-11-10(6-12(13)25(26)27)16(20-9-19-11)21-14-8-15(23-17(18)22-14)24-2-4-29-5-3-24/h6-9H,2-5H2,1H3,(H,19,20,21,22,23). The van der Waals surface area contributed by atoms with Gasteiger partial charge in [0.15, 0.2) is 5.75 Å². The zero-order valence-corrected chi connectivity index (χ0v) is 16.1. The Hall–Kier alpha value is -3.31. The molecule has 1 aliphatic rings. The van der Waals surface area contributed by atoms with Crippen molar-refractivity contribution in [1.82, 2.24) is 19.9 Å². The largest absolute Gasteiger partial charge is 0.490 e. The Kier molecular flexibility index (Phi) is 5.23. The summed E-state index contributed by atoms with van der Waals surface area (Å²) in [5.41, 5.74) is 0.297. The summed E-state index contributed by atoms with van der Waals surface area (Å²) in [4.78, 5) is 29.7. The highest BCUT2D eigenvalue weighted by atomic mass is 35.5.